The zero-order valence-corrected chi connectivity index (χ0v) is 12.1. The number of nitrogens with zero attached hydrogens (tertiary/aromatic N) is 5. The average Bonchev–Trinajstić information content (AvgIpc) is 2.49. The van der Waals surface area contributed by atoms with Crippen LogP contribution in [-0.4, -0.2) is 46.2 Å². The van der Waals surface area contributed by atoms with Crippen molar-refractivity contribution in [1.29, 1.82) is 0 Å². The minimum atomic E-state index is 0.324. The van der Waals surface area contributed by atoms with Gasteiger partial charge in [-0.25, -0.2) is 9.97 Å². The van der Waals surface area contributed by atoms with E-state index in [0.29, 0.717) is 16.8 Å². The highest BCUT2D eigenvalue weighted by Crippen LogP contribution is 2.11. The molecule has 8 nitrogen and oxygen atoms in total. The maximum absolute atomic E-state index is 5.53. The molecule has 0 saturated carbocycles. The highest BCUT2D eigenvalue weighted by molar-refractivity contribution is 6.29. The second kappa shape index (κ2) is 7.55. The fraction of sp³-hybridized carbons (Fsp3) is 0.333. The van der Waals surface area contributed by atoms with Crippen molar-refractivity contribution in [2.75, 3.05) is 42.7 Å². The van der Waals surface area contributed by atoms with E-state index in [1.54, 1.807) is 12.4 Å². The Balaban J connectivity index is 0.000000173. The Morgan fingerprint density at radius 2 is 1.57 bits per heavy atom. The van der Waals surface area contributed by atoms with E-state index in [-0.39, 0.29) is 0 Å². The molecule has 0 spiro atoms. The fourth-order valence-corrected chi connectivity index (χ4v) is 1.83. The summed E-state index contributed by atoms with van der Waals surface area (Å²) in [6.45, 7) is 3.21. The SMILES string of the molecule is Nc1cncc(Cl)n1.Nc1cncc(N2CCOCC2)n1. The standard InChI is InChI=1S/C8H12N4O.C4H4ClN3/c9-7-5-10-6-8(11-7)12-1-3-13-4-2-12;5-3-1-7-2-4(6)8-3/h5-6H,1-4H2,(H2,9,11);1-2H,(H2,6,8). The highest BCUT2D eigenvalue weighted by Gasteiger charge is 2.12. The molecule has 0 unspecified atom stereocenters. The van der Waals surface area contributed by atoms with Gasteiger partial charge in [-0.2, -0.15) is 0 Å². The van der Waals surface area contributed by atoms with E-state index in [4.69, 9.17) is 27.8 Å². The number of aromatic nitrogens is 4. The lowest BCUT2D eigenvalue weighted by molar-refractivity contribution is 0.122. The van der Waals surface area contributed by atoms with E-state index < -0.39 is 0 Å². The van der Waals surface area contributed by atoms with Crippen LogP contribution in [-0.2, 0) is 4.74 Å². The van der Waals surface area contributed by atoms with Gasteiger partial charge in [0.25, 0.3) is 0 Å². The molecular formula is C12H16ClN7O. The molecule has 4 N–H and O–H groups in total. The highest BCUT2D eigenvalue weighted by atomic mass is 35.5. The number of hydrogen-bond acceptors (Lipinski definition) is 8. The Kier molecular flexibility index (Phi) is 5.47. The maximum atomic E-state index is 5.53. The predicted octanol–water partition coefficient (Wildman–Crippen LogP) is 0.608. The molecule has 3 rings (SSSR count). The first-order chi connectivity index (χ1) is 10.1. The lowest BCUT2D eigenvalue weighted by Crippen LogP contribution is -2.36. The van der Waals surface area contributed by atoms with Crippen LogP contribution in [0.5, 0.6) is 0 Å². The first-order valence-electron chi connectivity index (χ1n) is 6.28. The molecule has 9 heteroatoms. The minimum Gasteiger partial charge on any atom is -0.382 e. The van der Waals surface area contributed by atoms with Crippen LogP contribution in [0, 0.1) is 0 Å². The molecule has 0 bridgehead atoms. The molecule has 0 amide bonds. The van der Waals surface area contributed by atoms with E-state index in [1.165, 1.54) is 12.4 Å². The van der Waals surface area contributed by atoms with Crippen LogP contribution in [0.4, 0.5) is 17.5 Å². The Morgan fingerprint density at radius 3 is 2.10 bits per heavy atom. The molecule has 0 radical (unpaired) electrons. The molecule has 3 heterocycles. The molecule has 1 aliphatic heterocycles. The van der Waals surface area contributed by atoms with E-state index in [2.05, 4.69) is 24.8 Å². The van der Waals surface area contributed by atoms with Crippen LogP contribution in [0.1, 0.15) is 0 Å². The topological polar surface area (TPSA) is 116 Å². The van der Waals surface area contributed by atoms with Crippen molar-refractivity contribution < 1.29 is 4.74 Å². The number of ether oxygens (including phenoxy) is 1. The van der Waals surface area contributed by atoms with Crippen LogP contribution in [0.15, 0.2) is 24.8 Å². The zero-order chi connectivity index (χ0) is 15.1. The third-order valence-corrected chi connectivity index (χ3v) is 2.78. The molecule has 1 aliphatic rings. The van der Waals surface area contributed by atoms with Gasteiger partial charge in [0.2, 0.25) is 0 Å². The van der Waals surface area contributed by atoms with E-state index >= 15 is 0 Å². The number of nitrogens with two attached hydrogens (primary N) is 2. The molecule has 2 aromatic rings. The smallest absolute Gasteiger partial charge is 0.149 e. The maximum Gasteiger partial charge on any atom is 0.149 e. The van der Waals surface area contributed by atoms with Crippen molar-refractivity contribution in [2.24, 2.45) is 0 Å². The summed E-state index contributed by atoms with van der Waals surface area (Å²) in [5, 5.41) is 0.324. The quantitative estimate of drug-likeness (QED) is 0.787. The number of anilines is 3. The average molecular weight is 310 g/mol. The summed E-state index contributed by atoms with van der Waals surface area (Å²) in [5.74, 6) is 1.64. The number of nitrogen functional groups attached to an aromatic ring is 2. The predicted molar refractivity (Wildman–Crippen MR) is 80.9 cm³/mol. The molecule has 2 aromatic heterocycles. The van der Waals surface area contributed by atoms with Gasteiger partial charge in [-0.05, 0) is 0 Å². The van der Waals surface area contributed by atoms with Gasteiger partial charge < -0.3 is 21.1 Å². The van der Waals surface area contributed by atoms with Gasteiger partial charge >= 0.3 is 0 Å². The van der Waals surface area contributed by atoms with Crippen LogP contribution < -0.4 is 16.4 Å². The van der Waals surface area contributed by atoms with Crippen molar-refractivity contribution in [3.63, 3.8) is 0 Å². The van der Waals surface area contributed by atoms with Crippen molar-refractivity contribution in [1.82, 2.24) is 19.9 Å². The summed E-state index contributed by atoms with van der Waals surface area (Å²) >= 11 is 5.39. The Labute approximate surface area is 127 Å². The molecule has 0 atom stereocenters. The second-order valence-electron chi connectivity index (χ2n) is 4.17. The van der Waals surface area contributed by atoms with Crippen LogP contribution in [0.2, 0.25) is 5.15 Å². The van der Waals surface area contributed by atoms with Crippen molar-refractivity contribution in [3.8, 4) is 0 Å². The summed E-state index contributed by atoms with van der Waals surface area (Å²) in [5.41, 5.74) is 10.7. The summed E-state index contributed by atoms with van der Waals surface area (Å²) in [6, 6.07) is 0. The van der Waals surface area contributed by atoms with E-state index in [1.807, 2.05) is 0 Å². The van der Waals surface area contributed by atoms with Crippen LogP contribution >= 0.6 is 11.6 Å². The van der Waals surface area contributed by atoms with Gasteiger partial charge in [0.15, 0.2) is 0 Å². The third-order valence-electron chi connectivity index (χ3n) is 2.60. The second-order valence-corrected chi connectivity index (χ2v) is 4.56. The van der Waals surface area contributed by atoms with Crippen molar-refractivity contribution in [3.05, 3.63) is 29.9 Å². The first-order valence-corrected chi connectivity index (χ1v) is 6.66. The Bertz CT molecular complexity index is 560. The number of rotatable bonds is 1. The fourth-order valence-electron chi connectivity index (χ4n) is 1.67. The molecule has 0 aromatic carbocycles. The summed E-state index contributed by atoms with van der Waals surface area (Å²) in [4.78, 5) is 17.6. The molecular weight excluding hydrogens is 294 g/mol. The third kappa shape index (κ3) is 5.01. The lowest BCUT2D eigenvalue weighted by Gasteiger charge is -2.27. The first kappa shape index (κ1) is 15.2. The summed E-state index contributed by atoms with van der Waals surface area (Å²) in [6.07, 6.45) is 6.13. The van der Waals surface area contributed by atoms with Gasteiger partial charge in [-0.3, -0.25) is 9.97 Å². The van der Waals surface area contributed by atoms with Gasteiger partial charge in [-0.1, -0.05) is 11.6 Å². The summed E-state index contributed by atoms with van der Waals surface area (Å²) in [7, 11) is 0. The molecule has 0 aliphatic carbocycles. The van der Waals surface area contributed by atoms with Crippen LogP contribution in [0.25, 0.3) is 0 Å². The zero-order valence-electron chi connectivity index (χ0n) is 11.3. The number of hydrogen-bond donors (Lipinski definition) is 2. The minimum absolute atomic E-state index is 0.324. The van der Waals surface area contributed by atoms with E-state index in [0.717, 1.165) is 32.1 Å². The van der Waals surface area contributed by atoms with Gasteiger partial charge in [0.05, 0.1) is 38.0 Å². The number of morpholine rings is 1. The Morgan fingerprint density at radius 1 is 0.952 bits per heavy atom. The lowest BCUT2D eigenvalue weighted by atomic mass is 10.4. The molecule has 1 fully saturated rings. The van der Waals surface area contributed by atoms with E-state index in [9.17, 15) is 0 Å². The Hall–Kier alpha value is -2.19. The molecule has 1 saturated heterocycles. The number of halogens is 1. The molecule has 112 valence electrons. The van der Waals surface area contributed by atoms with Crippen LogP contribution in [0.3, 0.4) is 0 Å². The van der Waals surface area contributed by atoms with Gasteiger partial charge in [0.1, 0.15) is 22.6 Å². The van der Waals surface area contributed by atoms with Crippen molar-refractivity contribution >= 4 is 29.1 Å². The van der Waals surface area contributed by atoms with Gasteiger partial charge in [-0.15, -0.1) is 0 Å². The van der Waals surface area contributed by atoms with Gasteiger partial charge in [0, 0.05) is 13.1 Å². The van der Waals surface area contributed by atoms with Crippen molar-refractivity contribution in [2.45, 2.75) is 0 Å². The summed E-state index contributed by atoms with van der Waals surface area (Å²) < 4.78 is 5.23. The molecule has 21 heavy (non-hydrogen) atoms. The largest absolute Gasteiger partial charge is 0.382 e. The normalized spacial score (nSPS) is 14.2. The monoisotopic (exact) mass is 309 g/mol.